The van der Waals surface area contributed by atoms with Crippen LogP contribution in [0.3, 0.4) is 0 Å². The SMILES string of the molecule is COC(=O)NC(=Nc1cc(Oc2ccccc2)ccc1NC(C)=O)NC(=O)OC. The Morgan fingerprint density at radius 3 is 2.03 bits per heavy atom. The van der Waals surface area contributed by atoms with Gasteiger partial charge in [0, 0.05) is 13.0 Å². The van der Waals surface area contributed by atoms with Crippen LogP contribution in [0.15, 0.2) is 53.5 Å². The highest BCUT2D eigenvalue weighted by atomic mass is 16.5. The maximum atomic E-state index is 11.6. The van der Waals surface area contributed by atoms with Gasteiger partial charge in [0.15, 0.2) is 0 Å². The highest BCUT2D eigenvalue weighted by molar-refractivity contribution is 6.03. The second-order valence-corrected chi connectivity index (χ2v) is 5.47. The molecule has 0 aliphatic rings. The van der Waals surface area contributed by atoms with Crippen molar-refractivity contribution in [3.05, 3.63) is 48.5 Å². The fraction of sp³-hybridized carbons (Fsp3) is 0.158. The van der Waals surface area contributed by atoms with Crippen molar-refractivity contribution in [2.24, 2.45) is 4.99 Å². The van der Waals surface area contributed by atoms with Crippen LogP contribution >= 0.6 is 0 Å². The molecule has 0 spiro atoms. The first-order valence-electron chi connectivity index (χ1n) is 8.34. The molecule has 2 rings (SSSR count). The first-order chi connectivity index (χ1) is 13.9. The minimum absolute atomic E-state index is 0.205. The average Bonchev–Trinajstić information content (AvgIpc) is 2.70. The molecule has 10 nitrogen and oxygen atoms in total. The monoisotopic (exact) mass is 400 g/mol. The van der Waals surface area contributed by atoms with Gasteiger partial charge in [0.2, 0.25) is 11.9 Å². The number of amides is 3. The van der Waals surface area contributed by atoms with Gasteiger partial charge in [-0.3, -0.25) is 15.4 Å². The highest BCUT2D eigenvalue weighted by Gasteiger charge is 2.13. The van der Waals surface area contributed by atoms with Crippen LogP contribution in [0.2, 0.25) is 0 Å². The van der Waals surface area contributed by atoms with Gasteiger partial charge in [0.1, 0.15) is 11.5 Å². The van der Waals surface area contributed by atoms with Gasteiger partial charge >= 0.3 is 12.2 Å². The van der Waals surface area contributed by atoms with Gasteiger partial charge in [-0.05, 0) is 24.3 Å². The molecule has 0 saturated heterocycles. The molecule has 3 N–H and O–H groups in total. The molecule has 0 saturated carbocycles. The standard InChI is InChI=1S/C19H20N4O6/c1-12(24)20-15-10-9-14(29-13-7-5-4-6-8-13)11-16(15)21-17(22-18(25)27-2)23-19(26)28-3/h4-11H,1-3H3,(H,20,24)(H2,21,22,23,25,26). The quantitative estimate of drug-likeness (QED) is 0.534. The Kier molecular flexibility index (Phi) is 7.54. The number of benzene rings is 2. The molecule has 0 heterocycles. The van der Waals surface area contributed by atoms with Crippen LogP contribution < -0.4 is 20.7 Å². The summed E-state index contributed by atoms with van der Waals surface area (Å²) >= 11 is 0. The zero-order valence-electron chi connectivity index (χ0n) is 16.0. The van der Waals surface area contributed by atoms with E-state index in [-0.39, 0.29) is 17.6 Å². The van der Waals surface area contributed by atoms with E-state index < -0.39 is 12.2 Å². The maximum Gasteiger partial charge on any atom is 0.413 e. The van der Waals surface area contributed by atoms with Crippen LogP contribution in [0, 0.1) is 0 Å². The van der Waals surface area contributed by atoms with Gasteiger partial charge in [-0.1, -0.05) is 18.2 Å². The fourth-order valence-electron chi connectivity index (χ4n) is 2.09. The number of nitrogens with zero attached hydrogens (tertiary/aromatic N) is 1. The van der Waals surface area contributed by atoms with E-state index in [2.05, 4.69) is 30.4 Å². The van der Waals surface area contributed by atoms with Crippen LogP contribution in [0.4, 0.5) is 21.0 Å². The van der Waals surface area contributed by atoms with Crippen LogP contribution in [0.25, 0.3) is 0 Å². The van der Waals surface area contributed by atoms with E-state index in [1.165, 1.54) is 13.0 Å². The number of aliphatic imine (C=N–C) groups is 1. The predicted octanol–water partition coefficient (Wildman–Crippen LogP) is 3.14. The minimum Gasteiger partial charge on any atom is -0.457 e. The summed E-state index contributed by atoms with van der Waals surface area (Å²) in [6, 6.07) is 13.8. The molecule has 29 heavy (non-hydrogen) atoms. The summed E-state index contributed by atoms with van der Waals surface area (Å²) < 4.78 is 14.8. The van der Waals surface area contributed by atoms with E-state index in [1.807, 2.05) is 18.2 Å². The lowest BCUT2D eigenvalue weighted by Crippen LogP contribution is -2.43. The molecule has 10 heteroatoms. The number of guanidine groups is 1. The first-order valence-corrected chi connectivity index (χ1v) is 8.34. The Balaban J connectivity index is 2.43. The molecular weight excluding hydrogens is 380 g/mol. The lowest BCUT2D eigenvalue weighted by Gasteiger charge is -2.13. The molecule has 2 aromatic rings. The Hall–Kier alpha value is -4.08. The van der Waals surface area contributed by atoms with Crippen LogP contribution in [0.1, 0.15) is 6.92 Å². The van der Waals surface area contributed by atoms with Gasteiger partial charge in [-0.25, -0.2) is 14.6 Å². The molecule has 0 atom stereocenters. The number of hydrogen-bond acceptors (Lipinski definition) is 7. The number of rotatable bonds is 4. The number of alkyl carbamates (subject to hydrolysis) is 2. The van der Waals surface area contributed by atoms with Crippen LogP contribution in [0.5, 0.6) is 11.5 Å². The number of carbonyl (C=O) groups excluding carboxylic acids is 3. The van der Waals surface area contributed by atoms with Crippen LogP contribution in [-0.2, 0) is 14.3 Å². The van der Waals surface area contributed by atoms with E-state index in [0.717, 1.165) is 14.2 Å². The van der Waals surface area contributed by atoms with Crippen molar-refractivity contribution in [1.29, 1.82) is 0 Å². The number of carbonyl (C=O) groups is 3. The number of para-hydroxylation sites is 1. The summed E-state index contributed by atoms with van der Waals surface area (Å²) in [5.74, 6) is 0.406. The van der Waals surface area contributed by atoms with Crippen molar-refractivity contribution in [1.82, 2.24) is 10.6 Å². The number of nitrogens with one attached hydrogen (secondary N) is 3. The van der Waals surface area contributed by atoms with Crippen molar-refractivity contribution >= 4 is 35.4 Å². The molecule has 0 aromatic heterocycles. The molecule has 0 bridgehead atoms. The highest BCUT2D eigenvalue weighted by Crippen LogP contribution is 2.32. The molecule has 3 amide bonds. The second kappa shape index (κ2) is 10.3. The molecule has 2 aromatic carbocycles. The Bertz CT molecular complexity index is 894. The molecule has 0 radical (unpaired) electrons. The van der Waals surface area contributed by atoms with Gasteiger partial charge < -0.3 is 19.5 Å². The lowest BCUT2D eigenvalue weighted by atomic mass is 10.2. The summed E-state index contributed by atoms with van der Waals surface area (Å²) in [5, 5.41) is 7.12. The Morgan fingerprint density at radius 2 is 1.48 bits per heavy atom. The molecule has 152 valence electrons. The third kappa shape index (κ3) is 6.86. The number of hydrogen-bond donors (Lipinski definition) is 3. The number of anilines is 1. The first kappa shape index (κ1) is 21.2. The average molecular weight is 400 g/mol. The van der Waals surface area contributed by atoms with E-state index >= 15 is 0 Å². The van der Waals surface area contributed by atoms with Crippen molar-refractivity contribution in [2.45, 2.75) is 6.92 Å². The van der Waals surface area contributed by atoms with E-state index in [0.29, 0.717) is 17.2 Å². The lowest BCUT2D eigenvalue weighted by molar-refractivity contribution is -0.114. The zero-order chi connectivity index (χ0) is 21.2. The summed E-state index contributed by atoms with van der Waals surface area (Å²) in [4.78, 5) is 38.8. The van der Waals surface area contributed by atoms with Gasteiger partial charge in [-0.2, -0.15) is 0 Å². The Morgan fingerprint density at radius 1 is 0.862 bits per heavy atom. The van der Waals surface area contributed by atoms with E-state index in [9.17, 15) is 14.4 Å². The third-order valence-electron chi connectivity index (χ3n) is 3.30. The second-order valence-electron chi connectivity index (χ2n) is 5.47. The molecule has 0 aliphatic carbocycles. The Labute approximate surface area is 166 Å². The summed E-state index contributed by atoms with van der Waals surface area (Å²) in [7, 11) is 2.31. The van der Waals surface area contributed by atoms with Crippen molar-refractivity contribution in [3.8, 4) is 11.5 Å². The molecule has 0 unspecified atom stereocenters. The number of ether oxygens (including phenoxy) is 3. The van der Waals surface area contributed by atoms with Crippen molar-refractivity contribution in [2.75, 3.05) is 19.5 Å². The fourth-order valence-corrected chi connectivity index (χ4v) is 2.09. The normalized spacial score (nSPS) is 9.62. The summed E-state index contributed by atoms with van der Waals surface area (Å²) in [5.41, 5.74) is 0.533. The summed E-state index contributed by atoms with van der Waals surface area (Å²) in [6.45, 7) is 1.34. The van der Waals surface area contributed by atoms with Gasteiger partial charge in [0.05, 0.1) is 25.6 Å². The van der Waals surface area contributed by atoms with E-state index in [4.69, 9.17) is 4.74 Å². The van der Waals surface area contributed by atoms with Crippen molar-refractivity contribution in [3.63, 3.8) is 0 Å². The molecular formula is C19H20N4O6. The third-order valence-corrected chi connectivity index (χ3v) is 3.30. The van der Waals surface area contributed by atoms with Crippen molar-refractivity contribution < 1.29 is 28.6 Å². The van der Waals surface area contributed by atoms with Gasteiger partial charge in [-0.15, -0.1) is 0 Å². The zero-order valence-corrected chi connectivity index (χ0v) is 16.0. The largest absolute Gasteiger partial charge is 0.457 e. The predicted molar refractivity (Wildman–Crippen MR) is 105 cm³/mol. The smallest absolute Gasteiger partial charge is 0.413 e. The topological polar surface area (TPSA) is 127 Å². The van der Waals surface area contributed by atoms with E-state index in [1.54, 1.807) is 24.3 Å². The molecule has 0 aliphatic heterocycles. The van der Waals surface area contributed by atoms with Gasteiger partial charge in [0.25, 0.3) is 0 Å². The summed E-state index contributed by atoms with van der Waals surface area (Å²) in [6.07, 6.45) is -1.73. The number of methoxy groups -OCH3 is 2. The molecule has 0 fully saturated rings. The van der Waals surface area contributed by atoms with Crippen LogP contribution in [-0.4, -0.2) is 38.3 Å². The minimum atomic E-state index is -0.863. The maximum absolute atomic E-state index is 11.6.